The Morgan fingerprint density at radius 2 is 2.10 bits per heavy atom. The lowest BCUT2D eigenvalue weighted by Crippen LogP contribution is -2.41. The molecule has 0 aliphatic carbocycles. The fourth-order valence-electron chi connectivity index (χ4n) is 2.81. The molecule has 2 N–H and O–H groups in total. The monoisotopic (exact) mass is 311 g/mol. The van der Waals surface area contributed by atoms with Crippen LogP contribution in [0.2, 0.25) is 0 Å². The Balaban J connectivity index is 0.00000220. The van der Waals surface area contributed by atoms with Crippen molar-refractivity contribution in [1.82, 2.24) is 15.5 Å². The van der Waals surface area contributed by atoms with Gasteiger partial charge in [-0.3, -0.25) is 9.69 Å². The minimum Gasteiger partial charge on any atom is -0.351 e. The van der Waals surface area contributed by atoms with Crippen molar-refractivity contribution < 1.29 is 4.79 Å². The van der Waals surface area contributed by atoms with Crippen LogP contribution < -0.4 is 10.6 Å². The normalized spacial score (nSPS) is 21.1. The third kappa shape index (κ3) is 6.04. The second-order valence-corrected chi connectivity index (χ2v) is 6.17. The van der Waals surface area contributed by atoms with Gasteiger partial charge in [-0.1, -0.05) is 37.3 Å². The van der Waals surface area contributed by atoms with Crippen molar-refractivity contribution >= 4 is 18.3 Å². The van der Waals surface area contributed by atoms with Gasteiger partial charge in [0.15, 0.2) is 0 Å². The number of benzene rings is 1. The van der Waals surface area contributed by atoms with E-state index in [9.17, 15) is 4.79 Å². The third-order valence-electron chi connectivity index (χ3n) is 3.85. The molecule has 118 valence electrons. The summed E-state index contributed by atoms with van der Waals surface area (Å²) < 4.78 is 0. The van der Waals surface area contributed by atoms with Crippen molar-refractivity contribution in [3.63, 3.8) is 0 Å². The molecule has 0 saturated carbocycles. The number of nitrogens with zero attached hydrogens (tertiary/aromatic N) is 1. The van der Waals surface area contributed by atoms with E-state index in [-0.39, 0.29) is 18.3 Å². The van der Waals surface area contributed by atoms with Gasteiger partial charge in [0.1, 0.15) is 0 Å². The molecule has 21 heavy (non-hydrogen) atoms. The Bertz CT molecular complexity index is 432. The lowest BCUT2D eigenvalue weighted by Gasteiger charge is -2.28. The second-order valence-electron chi connectivity index (χ2n) is 6.17. The highest BCUT2D eigenvalue weighted by Crippen LogP contribution is 2.24. The molecule has 4 nitrogen and oxygen atoms in total. The first-order valence-electron chi connectivity index (χ1n) is 7.27. The van der Waals surface area contributed by atoms with Gasteiger partial charge in [-0.05, 0) is 31.0 Å². The van der Waals surface area contributed by atoms with E-state index >= 15 is 0 Å². The molecule has 0 radical (unpaired) electrons. The van der Waals surface area contributed by atoms with E-state index in [1.807, 2.05) is 37.4 Å². The van der Waals surface area contributed by atoms with E-state index in [1.54, 1.807) is 0 Å². The number of carbonyl (C=O) groups excluding carboxylic acids is 1. The molecule has 1 aliphatic rings. The van der Waals surface area contributed by atoms with Gasteiger partial charge in [-0.2, -0.15) is 0 Å². The number of halogens is 1. The fraction of sp³-hybridized carbons (Fsp3) is 0.562. The number of likely N-dealkylation sites (N-methyl/N-ethyl adjacent to an activating group) is 1. The molecular weight excluding hydrogens is 286 g/mol. The highest BCUT2D eigenvalue weighted by molar-refractivity contribution is 5.85. The van der Waals surface area contributed by atoms with Crippen LogP contribution in [0.3, 0.4) is 0 Å². The first-order valence-corrected chi connectivity index (χ1v) is 7.27. The fourth-order valence-corrected chi connectivity index (χ4v) is 2.81. The summed E-state index contributed by atoms with van der Waals surface area (Å²) in [5, 5.41) is 6.36. The van der Waals surface area contributed by atoms with E-state index in [0.29, 0.717) is 18.5 Å². The predicted octanol–water partition coefficient (Wildman–Crippen LogP) is 1.66. The van der Waals surface area contributed by atoms with Crippen LogP contribution in [-0.2, 0) is 11.3 Å². The average molecular weight is 312 g/mol. The topological polar surface area (TPSA) is 44.4 Å². The maximum absolute atomic E-state index is 11.9. The molecule has 1 unspecified atom stereocenters. The minimum absolute atomic E-state index is 0. The summed E-state index contributed by atoms with van der Waals surface area (Å²) in [7, 11) is 2.02. The van der Waals surface area contributed by atoms with Gasteiger partial charge in [-0.25, -0.2) is 0 Å². The van der Waals surface area contributed by atoms with Gasteiger partial charge in [0.2, 0.25) is 5.91 Å². The number of amides is 1. The smallest absolute Gasteiger partial charge is 0.234 e. The van der Waals surface area contributed by atoms with Crippen molar-refractivity contribution in [3.8, 4) is 0 Å². The zero-order valence-corrected chi connectivity index (χ0v) is 13.7. The Morgan fingerprint density at radius 3 is 2.71 bits per heavy atom. The van der Waals surface area contributed by atoms with E-state index in [1.165, 1.54) is 6.42 Å². The summed E-state index contributed by atoms with van der Waals surface area (Å²) >= 11 is 0. The number of hydrogen-bond acceptors (Lipinski definition) is 3. The van der Waals surface area contributed by atoms with Gasteiger partial charge in [0, 0.05) is 19.6 Å². The van der Waals surface area contributed by atoms with Gasteiger partial charge in [0.05, 0.1) is 6.54 Å². The van der Waals surface area contributed by atoms with Gasteiger partial charge in [-0.15, -0.1) is 12.4 Å². The standard InChI is InChI=1S/C16H25N3O.ClH/c1-16(8-9-17-12-16)13-19(2)11-15(20)18-10-14-6-4-3-5-7-14;/h3-7,17H,8-13H2,1-2H3,(H,18,20);1H. The highest BCUT2D eigenvalue weighted by atomic mass is 35.5. The van der Waals surface area contributed by atoms with Crippen LogP contribution in [0.15, 0.2) is 30.3 Å². The van der Waals surface area contributed by atoms with Crippen molar-refractivity contribution in [2.45, 2.75) is 19.9 Å². The van der Waals surface area contributed by atoms with E-state index in [0.717, 1.165) is 25.2 Å². The molecule has 1 fully saturated rings. The quantitative estimate of drug-likeness (QED) is 0.840. The Labute approximate surface area is 133 Å². The molecule has 0 bridgehead atoms. The van der Waals surface area contributed by atoms with Crippen LogP contribution in [0.4, 0.5) is 0 Å². The van der Waals surface area contributed by atoms with Gasteiger partial charge in [0.25, 0.3) is 0 Å². The summed E-state index contributed by atoms with van der Waals surface area (Å²) in [6, 6.07) is 10.0. The maximum atomic E-state index is 11.9. The average Bonchev–Trinajstić information content (AvgIpc) is 2.83. The van der Waals surface area contributed by atoms with E-state index in [2.05, 4.69) is 22.5 Å². The molecule has 1 atom stereocenters. The third-order valence-corrected chi connectivity index (χ3v) is 3.85. The lowest BCUT2D eigenvalue weighted by atomic mass is 9.89. The van der Waals surface area contributed by atoms with Crippen molar-refractivity contribution in [2.24, 2.45) is 5.41 Å². The summed E-state index contributed by atoms with van der Waals surface area (Å²) in [6.45, 7) is 6.44. The van der Waals surface area contributed by atoms with Crippen LogP contribution in [0.5, 0.6) is 0 Å². The summed E-state index contributed by atoms with van der Waals surface area (Å²) in [5.41, 5.74) is 1.43. The Kier molecular flexibility index (Phi) is 7.15. The molecule has 1 heterocycles. The van der Waals surface area contributed by atoms with Crippen LogP contribution in [0.1, 0.15) is 18.9 Å². The SMILES string of the molecule is CN(CC(=O)NCc1ccccc1)CC1(C)CCNC1.Cl. The molecular formula is C16H26ClN3O. The molecule has 1 saturated heterocycles. The van der Waals surface area contributed by atoms with Crippen molar-refractivity contribution in [1.29, 1.82) is 0 Å². The molecule has 1 aromatic carbocycles. The van der Waals surface area contributed by atoms with Crippen molar-refractivity contribution in [2.75, 3.05) is 33.2 Å². The second kappa shape index (κ2) is 8.37. The maximum Gasteiger partial charge on any atom is 0.234 e. The highest BCUT2D eigenvalue weighted by Gasteiger charge is 2.29. The van der Waals surface area contributed by atoms with E-state index < -0.39 is 0 Å². The van der Waals surface area contributed by atoms with Crippen LogP contribution in [0.25, 0.3) is 0 Å². The first-order chi connectivity index (χ1) is 9.57. The summed E-state index contributed by atoms with van der Waals surface area (Å²) in [4.78, 5) is 14.1. The summed E-state index contributed by atoms with van der Waals surface area (Å²) in [6.07, 6.45) is 1.18. The molecule has 5 heteroatoms. The largest absolute Gasteiger partial charge is 0.351 e. The number of rotatable bonds is 6. The zero-order chi connectivity index (χ0) is 14.4. The van der Waals surface area contributed by atoms with Gasteiger partial charge >= 0.3 is 0 Å². The van der Waals surface area contributed by atoms with Crippen LogP contribution in [-0.4, -0.2) is 44.0 Å². The van der Waals surface area contributed by atoms with Crippen LogP contribution in [0, 0.1) is 5.41 Å². The lowest BCUT2D eigenvalue weighted by molar-refractivity contribution is -0.122. The summed E-state index contributed by atoms with van der Waals surface area (Å²) in [5.74, 6) is 0.0888. The Hall–Kier alpha value is -1.10. The van der Waals surface area contributed by atoms with Crippen molar-refractivity contribution in [3.05, 3.63) is 35.9 Å². The van der Waals surface area contributed by atoms with E-state index in [4.69, 9.17) is 0 Å². The number of carbonyl (C=O) groups is 1. The van der Waals surface area contributed by atoms with Crippen LogP contribution >= 0.6 is 12.4 Å². The Morgan fingerprint density at radius 1 is 1.38 bits per heavy atom. The zero-order valence-electron chi connectivity index (χ0n) is 12.9. The molecule has 1 aliphatic heterocycles. The predicted molar refractivity (Wildman–Crippen MR) is 88.6 cm³/mol. The molecule has 1 amide bonds. The first kappa shape index (κ1) is 18.0. The molecule has 2 rings (SSSR count). The molecule has 1 aromatic rings. The number of nitrogens with one attached hydrogen (secondary N) is 2. The number of hydrogen-bond donors (Lipinski definition) is 2. The molecule has 0 spiro atoms. The molecule has 0 aromatic heterocycles. The minimum atomic E-state index is 0. The van der Waals surface area contributed by atoms with Gasteiger partial charge < -0.3 is 10.6 Å².